The Kier molecular flexibility index (Phi) is 6.81. The summed E-state index contributed by atoms with van der Waals surface area (Å²) in [7, 11) is 1.45. The molecule has 0 saturated carbocycles. The summed E-state index contributed by atoms with van der Waals surface area (Å²) >= 11 is 0. The molecule has 1 unspecified atom stereocenters. The van der Waals surface area contributed by atoms with E-state index in [1.165, 1.54) is 13.2 Å². The highest BCUT2D eigenvalue weighted by atomic mass is 16.7. The van der Waals surface area contributed by atoms with Crippen LogP contribution in [-0.2, 0) is 9.47 Å². The fraction of sp³-hybridized carbons (Fsp3) is 0.481. The molecule has 1 fully saturated rings. The van der Waals surface area contributed by atoms with Crippen LogP contribution >= 0.6 is 0 Å². The van der Waals surface area contributed by atoms with Gasteiger partial charge in [0.15, 0.2) is 17.9 Å². The second kappa shape index (κ2) is 9.69. The van der Waals surface area contributed by atoms with Crippen LogP contribution in [0, 0.1) is 0 Å². The van der Waals surface area contributed by atoms with Crippen molar-refractivity contribution in [2.75, 3.05) is 13.7 Å². The number of phenolic OH excluding ortho intramolecular Hbond substituents is 1. The number of fused-ring (bicyclic) bond motifs is 2. The Morgan fingerprint density at radius 3 is 2.63 bits per heavy atom. The predicted octanol–water partition coefficient (Wildman–Crippen LogP) is 0.316. The summed E-state index contributed by atoms with van der Waals surface area (Å²) in [4.78, 5) is 27.7. The molecule has 1 aliphatic heterocycles. The van der Waals surface area contributed by atoms with Crippen LogP contribution in [0.3, 0.4) is 0 Å². The van der Waals surface area contributed by atoms with Crippen molar-refractivity contribution in [1.29, 1.82) is 0 Å². The first kappa shape index (κ1) is 26.7. The number of hydrogen-bond donors (Lipinski definition) is 6. The number of benzene rings is 2. The summed E-state index contributed by atoms with van der Waals surface area (Å²) in [5.41, 5.74) is 3.60. The van der Waals surface area contributed by atoms with Crippen molar-refractivity contribution in [1.82, 2.24) is 0 Å². The summed E-state index contributed by atoms with van der Waals surface area (Å²) in [6.07, 6.45) is -6.14. The lowest BCUT2D eigenvalue weighted by atomic mass is 9.68. The average molecular weight is 530 g/mol. The van der Waals surface area contributed by atoms with E-state index in [2.05, 4.69) is 0 Å². The Bertz CT molecular complexity index is 1330. The number of carbonyl (C=O) groups excluding carboxylic acids is 2. The minimum atomic E-state index is -2.01. The first-order valence-corrected chi connectivity index (χ1v) is 12.4. The van der Waals surface area contributed by atoms with Crippen LogP contribution in [0.15, 0.2) is 35.4 Å². The lowest BCUT2D eigenvalue weighted by Gasteiger charge is -2.44. The van der Waals surface area contributed by atoms with E-state index in [4.69, 9.17) is 19.9 Å². The van der Waals surface area contributed by atoms with Crippen LogP contribution in [-0.4, -0.2) is 93.2 Å². The molecule has 0 aromatic heterocycles. The van der Waals surface area contributed by atoms with Crippen molar-refractivity contribution in [3.8, 4) is 11.5 Å². The summed E-state index contributed by atoms with van der Waals surface area (Å²) in [6, 6.07) is 5.70. The standard InChI is InChI=1S/C27H31NO10/c1-11-23(31)16(28)7-20(37-11)38-18-9-27(35,19(30)10-29)8-15-21(18)25(33)14-6-13-12(4-3-5-17(13)36-2)24(32)22(14)26(15)34/h3-6,11,16,18-20,23,29-32,35H,7-10,28H2,1-2H3/t11-,16-,18-,19?,20-,23+,27-/m0/s1. The highest BCUT2D eigenvalue weighted by Gasteiger charge is 2.51. The molecule has 1 saturated heterocycles. The zero-order valence-electron chi connectivity index (χ0n) is 21.0. The van der Waals surface area contributed by atoms with Gasteiger partial charge >= 0.3 is 0 Å². The van der Waals surface area contributed by atoms with Crippen molar-refractivity contribution < 1.29 is 49.3 Å². The molecule has 7 N–H and O–H groups in total. The van der Waals surface area contributed by atoms with E-state index in [9.17, 15) is 35.1 Å². The predicted molar refractivity (Wildman–Crippen MR) is 133 cm³/mol. The van der Waals surface area contributed by atoms with Crippen LogP contribution < -0.4 is 10.5 Å². The van der Waals surface area contributed by atoms with Crippen LogP contribution in [0.5, 0.6) is 11.5 Å². The lowest BCUT2D eigenvalue weighted by molar-refractivity contribution is -0.242. The molecule has 204 valence electrons. The van der Waals surface area contributed by atoms with Gasteiger partial charge in [-0.25, -0.2) is 0 Å². The molecular formula is C27H31NO10. The number of aromatic hydroxyl groups is 1. The lowest BCUT2D eigenvalue weighted by Crippen LogP contribution is -2.55. The molecule has 2 aliphatic carbocycles. The van der Waals surface area contributed by atoms with Crippen LogP contribution in [0.2, 0.25) is 0 Å². The number of nitrogens with two attached hydrogens (primary N) is 1. The van der Waals surface area contributed by atoms with Crippen molar-refractivity contribution >= 4 is 22.3 Å². The van der Waals surface area contributed by atoms with Crippen LogP contribution in [0.1, 0.15) is 46.9 Å². The van der Waals surface area contributed by atoms with Gasteiger partial charge in [-0.15, -0.1) is 0 Å². The molecule has 3 aliphatic rings. The van der Waals surface area contributed by atoms with E-state index in [-0.39, 0.29) is 35.1 Å². The topological polar surface area (TPSA) is 189 Å². The Labute approximate surface area is 218 Å². The maximum Gasteiger partial charge on any atom is 0.194 e. The molecule has 0 amide bonds. The van der Waals surface area contributed by atoms with Gasteiger partial charge in [-0.2, -0.15) is 0 Å². The smallest absolute Gasteiger partial charge is 0.194 e. The molecule has 5 rings (SSSR count). The summed E-state index contributed by atoms with van der Waals surface area (Å²) < 4.78 is 17.2. The number of aliphatic hydroxyl groups is 4. The van der Waals surface area contributed by atoms with E-state index in [0.29, 0.717) is 16.5 Å². The van der Waals surface area contributed by atoms with Gasteiger partial charge in [0, 0.05) is 52.8 Å². The van der Waals surface area contributed by atoms with Gasteiger partial charge in [0.25, 0.3) is 0 Å². The maximum atomic E-state index is 13.9. The number of phenols is 1. The molecule has 0 spiro atoms. The summed E-state index contributed by atoms with van der Waals surface area (Å²) in [6.45, 7) is 0.818. The summed E-state index contributed by atoms with van der Waals surface area (Å²) in [5.74, 6) is -1.29. The zero-order chi connectivity index (χ0) is 27.5. The number of carbonyl (C=O) groups is 2. The fourth-order valence-electron chi connectivity index (χ4n) is 5.73. The van der Waals surface area contributed by atoms with Gasteiger partial charge in [-0.05, 0) is 19.1 Å². The van der Waals surface area contributed by atoms with Gasteiger partial charge in [0.1, 0.15) is 17.6 Å². The molecule has 11 nitrogen and oxygen atoms in total. The minimum Gasteiger partial charge on any atom is -0.506 e. The molecule has 2 aromatic rings. The van der Waals surface area contributed by atoms with Crippen molar-refractivity contribution in [2.24, 2.45) is 5.73 Å². The molecule has 0 bridgehead atoms. The van der Waals surface area contributed by atoms with Gasteiger partial charge in [0.2, 0.25) is 0 Å². The Morgan fingerprint density at radius 2 is 1.97 bits per heavy atom. The van der Waals surface area contributed by atoms with Gasteiger partial charge in [-0.1, -0.05) is 12.1 Å². The normalized spacial score (nSPS) is 32.2. The fourth-order valence-corrected chi connectivity index (χ4v) is 5.73. The van der Waals surface area contributed by atoms with E-state index in [1.54, 1.807) is 25.1 Å². The first-order valence-electron chi connectivity index (χ1n) is 12.4. The second-order valence-electron chi connectivity index (χ2n) is 10.2. The molecule has 11 heteroatoms. The molecule has 7 atom stereocenters. The molecule has 2 aromatic carbocycles. The minimum absolute atomic E-state index is 0.0260. The first-order chi connectivity index (χ1) is 18.0. The third-order valence-corrected chi connectivity index (χ3v) is 7.86. The average Bonchev–Trinajstić information content (AvgIpc) is 2.89. The maximum absolute atomic E-state index is 13.9. The van der Waals surface area contributed by atoms with E-state index >= 15 is 0 Å². The number of aliphatic hydroxyl groups excluding tert-OH is 3. The third-order valence-electron chi connectivity index (χ3n) is 7.86. The Balaban J connectivity index is 1.63. The molecular weight excluding hydrogens is 498 g/mol. The van der Waals surface area contributed by atoms with E-state index in [0.717, 1.165) is 0 Å². The molecule has 0 radical (unpaired) electrons. The van der Waals surface area contributed by atoms with Crippen LogP contribution in [0.25, 0.3) is 10.8 Å². The Hall–Kier alpha value is -2.90. The van der Waals surface area contributed by atoms with Crippen LogP contribution in [0.4, 0.5) is 0 Å². The van der Waals surface area contributed by atoms with Gasteiger partial charge in [-0.3, -0.25) is 9.59 Å². The van der Waals surface area contributed by atoms with Crippen molar-refractivity contribution in [3.63, 3.8) is 0 Å². The number of ether oxygens (including phenoxy) is 3. The van der Waals surface area contributed by atoms with Crippen molar-refractivity contribution in [2.45, 2.75) is 68.5 Å². The quantitative estimate of drug-likeness (QED) is 0.313. The zero-order valence-corrected chi connectivity index (χ0v) is 21.0. The largest absolute Gasteiger partial charge is 0.506 e. The second-order valence-corrected chi connectivity index (χ2v) is 10.2. The number of ketones is 2. The van der Waals surface area contributed by atoms with Gasteiger partial charge in [0.05, 0.1) is 43.2 Å². The monoisotopic (exact) mass is 529 g/mol. The highest BCUT2D eigenvalue weighted by Crippen LogP contribution is 2.47. The Morgan fingerprint density at radius 1 is 1.24 bits per heavy atom. The third kappa shape index (κ3) is 4.11. The van der Waals surface area contributed by atoms with E-state index < -0.39 is 72.7 Å². The molecule has 38 heavy (non-hydrogen) atoms. The van der Waals surface area contributed by atoms with Crippen molar-refractivity contribution in [3.05, 3.63) is 46.5 Å². The SMILES string of the molecule is COc1cccc2c(O)c3c(cc12)C(=O)C1=C(C[C@@](O)(C(O)CO)C[C@@H]1O[C@H]1C[C@H](N)[C@H](O)[C@H](C)O1)C3=O. The van der Waals surface area contributed by atoms with E-state index in [1.807, 2.05) is 0 Å². The highest BCUT2D eigenvalue weighted by molar-refractivity contribution is 6.30. The summed E-state index contributed by atoms with van der Waals surface area (Å²) in [5, 5.41) is 53.3. The van der Waals surface area contributed by atoms with Gasteiger partial charge < -0.3 is 45.5 Å². The number of methoxy groups -OCH3 is 1. The number of Topliss-reactive ketones (excluding diaryl/α,β-unsaturated/α-hetero) is 2. The molecule has 1 heterocycles. The number of hydrogen-bond acceptors (Lipinski definition) is 11. The number of rotatable bonds is 5.